The molecular weight excluding hydrogens is 350 g/mol. The fourth-order valence-electron chi connectivity index (χ4n) is 2.48. The third kappa shape index (κ3) is 2.33. The molecule has 5 heteroatoms. The van der Waals surface area contributed by atoms with E-state index in [1.165, 1.54) is 0 Å². The number of imidazole rings is 1. The van der Waals surface area contributed by atoms with Crippen molar-refractivity contribution in [1.29, 1.82) is 5.26 Å². The molecule has 3 rings (SSSR count). The molecule has 0 saturated carbocycles. The molecule has 0 atom stereocenters. The van der Waals surface area contributed by atoms with E-state index in [0.29, 0.717) is 5.56 Å². The Morgan fingerprint density at radius 2 is 2.14 bits per heavy atom. The summed E-state index contributed by atoms with van der Waals surface area (Å²) in [5.74, 6) is 1.02. The van der Waals surface area contributed by atoms with Crippen LogP contribution in [0.15, 0.2) is 40.9 Å². The third-order valence-electron chi connectivity index (χ3n) is 3.39. The predicted molar refractivity (Wildman–Crippen MR) is 87.8 cm³/mol. The van der Waals surface area contributed by atoms with Gasteiger partial charge in [0.05, 0.1) is 28.2 Å². The molecule has 104 valence electrons. The van der Waals surface area contributed by atoms with Gasteiger partial charge in [-0.2, -0.15) is 5.26 Å². The number of fused-ring (bicyclic) bond motifs is 1. The topological polar surface area (TPSA) is 41.6 Å². The van der Waals surface area contributed by atoms with Crippen molar-refractivity contribution < 1.29 is 0 Å². The first kappa shape index (κ1) is 14.1. The molecule has 0 aliphatic carbocycles. The zero-order valence-corrected chi connectivity index (χ0v) is 13.6. The Morgan fingerprint density at radius 3 is 2.86 bits per heavy atom. The monoisotopic (exact) mass is 359 g/mol. The van der Waals surface area contributed by atoms with Crippen LogP contribution in [0.4, 0.5) is 0 Å². The van der Waals surface area contributed by atoms with E-state index in [-0.39, 0.29) is 5.88 Å². The molecule has 1 aromatic heterocycles. The molecule has 0 saturated heterocycles. The molecule has 0 amide bonds. The van der Waals surface area contributed by atoms with Crippen LogP contribution in [0, 0.1) is 18.3 Å². The fraction of sp³-hybridized carbons (Fsp3) is 0.125. The molecule has 0 N–H and O–H groups in total. The first-order valence-electron chi connectivity index (χ1n) is 6.38. The van der Waals surface area contributed by atoms with Gasteiger partial charge in [-0.15, -0.1) is 11.6 Å². The van der Waals surface area contributed by atoms with E-state index in [2.05, 4.69) is 27.0 Å². The first-order valence-corrected chi connectivity index (χ1v) is 7.71. The number of benzene rings is 2. The lowest BCUT2D eigenvalue weighted by molar-refractivity contribution is 0.975. The zero-order chi connectivity index (χ0) is 15.0. The number of aromatic nitrogens is 2. The van der Waals surface area contributed by atoms with Crippen molar-refractivity contribution in [2.45, 2.75) is 12.8 Å². The van der Waals surface area contributed by atoms with Gasteiger partial charge in [0.15, 0.2) is 0 Å². The Hall–Kier alpha value is -1.83. The summed E-state index contributed by atoms with van der Waals surface area (Å²) < 4.78 is 2.85. The Morgan fingerprint density at radius 1 is 1.33 bits per heavy atom. The maximum atomic E-state index is 9.41. The van der Waals surface area contributed by atoms with Crippen molar-refractivity contribution in [3.05, 3.63) is 57.8 Å². The number of hydrogen-bond acceptors (Lipinski definition) is 2. The van der Waals surface area contributed by atoms with Crippen molar-refractivity contribution >= 4 is 38.6 Å². The molecule has 0 unspecified atom stereocenters. The van der Waals surface area contributed by atoms with Crippen LogP contribution >= 0.6 is 27.5 Å². The van der Waals surface area contributed by atoms with Crippen molar-refractivity contribution in [2.24, 2.45) is 0 Å². The van der Waals surface area contributed by atoms with Crippen LogP contribution in [0.3, 0.4) is 0 Å². The summed E-state index contributed by atoms with van der Waals surface area (Å²) in [4.78, 5) is 4.58. The Bertz CT molecular complexity index is 877. The number of halogens is 2. The van der Waals surface area contributed by atoms with Gasteiger partial charge in [0.2, 0.25) is 0 Å². The van der Waals surface area contributed by atoms with Crippen molar-refractivity contribution in [2.75, 3.05) is 0 Å². The molecule has 3 aromatic rings. The summed E-state index contributed by atoms with van der Waals surface area (Å²) in [6, 6.07) is 13.8. The van der Waals surface area contributed by atoms with Crippen molar-refractivity contribution in [3.63, 3.8) is 0 Å². The minimum Gasteiger partial charge on any atom is -0.294 e. The van der Waals surface area contributed by atoms with Crippen molar-refractivity contribution in [1.82, 2.24) is 9.55 Å². The minimum absolute atomic E-state index is 0.287. The van der Waals surface area contributed by atoms with E-state index in [9.17, 15) is 5.26 Å². The summed E-state index contributed by atoms with van der Waals surface area (Å²) >= 11 is 9.46. The highest BCUT2D eigenvalue weighted by Crippen LogP contribution is 2.28. The van der Waals surface area contributed by atoms with Crippen LogP contribution in [-0.2, 0) is 5.88 Å². The van der Waals surface area contributed by atoms with Gasteiger partial charge in [0.25, 0.3) is 0 Å². The second-order valence-corrected chi connectivity index (χ2v) is 5.90. The lowest BCUT2D eigenvalue weighted by Gasteiger charge is -2.11. The highest BCUT2D eigenvalue weighted by Gasteiger charge is 2.16. The van der Waals surface area contributed by atoms with Crippen LogP contribution in [0.2, 0.25) is 0 Å². The van der Waals surface area contributed by atoms with E-state index in [0.717, 1.165) is 32.6 Å². The second-order valence-electron chi connectivity index (χ2n) is 4.71. The normalized spacial score (nSPS) is 10.8. The molecule has 0 aliphatic rings. The van der Waals surface area contributed by atoms with Crippen molar-refractivity contribution in [3.8, 4) is 11.8 Å². The van der Waals surface area contributed by atoms with Gasteiger partial charge in [-0.05, 0) is 36.8 Å². The van der Waals surface area contributed by atoms with E-state index >= 15 is 0 Å². The minimum atomic E-state index is 0.287. The number of alkyl halides is 1. The van der Waals surface area contributed by atoms with E-state index in [1.54, 1.807) is 6.07 Å². The van der Waals surface area contributed by atoms with Gasteiger partial charge in [-0.3, -0.25) is 4.57 Å². The molecule has 3 nitrogen and oxygen atoms in total. The molecule has 1 heterocycles. The van der Waals surface area contributed by atoms with E-state index in [4.69, 9.17) is 11.6 Å². The Kier molecular flexibility index (Phi) is 3.71. The number of aryl methyl sites for hydroxylation is 1. The summed E-state index contributed by atoms with van der Waals surface area (Å²) in [5.41, 5.74) is 4.36. The van der Waals surface area contributed by atoms with E-state index < -0.39 is 0 Å². The zero-order valence-electron chi connectivity index (χ0n) is 11.3. The maximum absolute atomic E-state index is 9.41. The number of rotatable bonds is 2. The SMILES string of the molecule is Cc1cccc2nc(CCl)n(-c3ccc(Br)cc3C#N)c12. The molecule has 21 heavy (non-hydrogen) atoms. The average molecular weight is 361 g/mol. The number of nitriles is 1. The fourth-order valence-corrected chi connectivity index (χ4v) is 3.02. The molecule has 0 fully saturated rings. The molecule has 0 spiro atoms. The highest BCUT2D eigenvalue weighted by molar-refractivity contribution is 9.10. The van der Waals surface area contributed by atoms with Gasteiger partial charge in [-0.1, -0.05) is 28.1 Å². The van der Waals surface area contributed by atoms with Gasteiger partial charge in [0.1, 0.15) is 11.9 Å². The number of para-hydroxylation sites is 1. The van der Waals surface area contributed by atoms with Crippen LogP contribution in [0.5, 0.6) is 0 Å². The predicted octanol–water partition coefficient (Wildman–Crippen LogP) is 4.71. The Balaban J connectivity index is 2.42. The lowest BCUT2D eigenvalue weighted by atomic mass is 10.1. The smallest absolute Gasteiger partial charge is 0.129 e. The summed E-state index contributed by atoms with van der Waals surface area (Å²) in [7, 11) is 0. The second kappa shape index (κ2) is 5.51. The summed E-state index contributed by atoms with van der Waals surface area (Å²) in [6.07, 6.45) is 0. The number of nitrogens with zero attached hydrogens (tertiary/aromatic N) is 3. The average Bonchev–Trinajstić information content (AvgIpc) is 2.87. The molecule has 0 bridgehead atoms. The van der Waals surface area contributed by atoms with Crippen LogP contribution in [0.25, 0.3) is 16.7 Å². The van der Waals surface area contributed by atoms with Crippen LogP contribution < -0.4 is 0 Å². The van der Waals surface area contributed by atoms with Gasteiger partial charge >= 0.3 is 0 Å². The molecule has 2 aromatic carbocycles. The Labute approximate surface area is 135 Å². The quantitative estimate of drug-likeness (QED) is 0.621. The van der Waals surface area contributed by atoms with Gasteiger partial charge in [0, 0.05) is 4.47 Å². The maximum Gasteiger partial charge on any atom is 0.129 e. The molecular formula is C16H11BrClN3. The van der Waals surface area contributed by atoms with Crippen LogP contribution in [-0.4, -0.2) is 9.55 Å². The standard InChI is InChI=1S/C16H11BrClN3/c1-10-3-2-4-13-16(10)21(15(8-18)20-13)14-6-5-12(17)7-11(14)9-19/h2-7H,8H2,1H3. The lowest BCUT2D eigenvalue weighted by Crippen LogP contribution is -2.02. The van der Waals surface area contributed by atoms with Crippen LogP contribution in [0.1, 0.15) is 17.0 Å². The van der Waals surface area contributed by atoms with E-state index in [1.807, 2.05) is 41.8 Å². The van der Waals surface area contributed by atoms with Gasteiger partial charge < -0.3 is 0 Å². The summed E-state index contributed by atoms with van der Waals surface area (Å²) in [6.45, 7) is 2.03. The molecule has 0 radical (unpaired) electrons. The van der Waals surface area contributed by atoms with Gasteiger partial charge in [-0.25, -0.2) is 4.98 Å². The first-order chi connectivity index (χ1) is 10.2. The largest absolute Gasteiger partial charge is 0.294 e. The highest BCUT2D eigenvalue weighted by atomic mass is 79.9. The number of hydrogen-bond donors (Lipinski definition) is 0. The third-order valence-corrected chi connectivity index (χ3v) is 4.12. The molecule has 0 aliphatic heterocycles. The summed E-state index contributed by atoms with van der Waals surface area (Å²) in [5, 5.41) is 9.41.